The number of morpholine rings is 1. The number of quaternary nitrogens is 1. The van der Waals surface area contributed by atoms with Crippen LogP contribution in [0.1, 0.15) is 29.2 Å². The average Bonchev–Trinajstić information content (AvgIpc) is 3.07. The normalized spacial score (nSPS) is 17.1. The summed E-state index contributed by atoms with van der Waals surface area (Å²) in [5.41, 5.74) is 5.59. The van der Waals surface area contributed by atoms with Crippen molar-refractivity contribution in [2.45, 2.75) is 26.3 Å². The van der Waals surface area contributed by atoms with Crippen molar-refractivity contribution >= 4 is 23.0 Å². The maximum atomic E-state index is 12.2. The van der Waals surface area contributed by atoms with Crippen molar-refractivity contribution in [3.63, 3.8) is 0 Å². The lowest BCUT2D eigenvalue weighted by Gasteiger charge is -2.31. The van der Waals surface area contributed by atoms with Gasteiger partial charge >= 0.3 is 0 Å². The Morgan fingerprint density at radius 3 is 2.73 bits per heavy atom. The van der Waals surface area contributed by atoms with E-state index < -0.39 is 0 Å². The number of ether oxygens (including phenoxy) is 1. The van der Waals surface area contributed by atoms with Crippen LogP contribution in [0.15, 0.2) is 40.8 Å². The Morgan fingerprint density at radius 1 is 1.35 bits per heavy atom. The second-order valence-electron chi connectivity index (χ2n) is 6.44. The zero-order valence-electron chi connectivity index (χ0n) is 15.2. The molecule has 1 atom stereocenters. The van der Waals surface area contributed by atoms with Crippen molar-refractivity contribution in [2.24, 2.45) is 5.10 Å². The number of hydrazone groups is 1. The van der Waals surface area contributed by atoms with Crippen molar-refractivity contribution in [3.8, 4) is 0 Å². The molecule has 7 heteroatoms. The molecule has 1 saturated heterocycles. The Kier molecular flexibility index (Phi) is 6.49. The number of rotatable bonds is 6. The number of carbonyl (C=O) groups excluding carboxylic acids is 1. The van der Waals surface area contributed by atoms with Crippen LogP contribution >= 0.6 is 11.3 Å². The second-order valence-corrected chi connectivity index (χ2v) is 7.50. The van der Waals surface area contributed by atoms with Crippen LogP contribution in [-0.4, -0.2) is 42.9 Å². The Labute approximate surface area is 157 Å². The standard InChI is InChI=1S/C19H24N4O2S/c1-14(21-22-18(24)12-17-13-26-15(2)20-17)19(16-6-4-3-5-7-16)23-8-10-25-11-9-23/h3-7,13,19H,8-12H2,1-2H3,(H,22,24)/p+1/b21-14-/t19-/m0/s1. The summed E-state index contributed by atoms with van der Waals surface area (Å²) < 4.78 is 5.50. The van der Waals surface area contributed by atoms with E-state index in [9.17, 15) is 4.79 Å². The lowest BCUT2D eigenvalue weighted by molar-refractivity contribution is -0.928. The number of hydrogen-bond acceptors (Lipinski definition) is 5. The molecule has 1 amide bonds. The van der Waals surface area contributed by atoms with Gasteiger partial charge in [-0.15, -0.1) is 11.3 Å². The number of aromatic nitrogens is 1. The van der Waals surface area contributed by atoms with Gasteiger partial charge in [-0.05, 0) is 13.8 Å². The molecule has 3 rings (SSSR count). The first kappa shape index (κ1) is 18.7. The van der Waals surface area contributed by atoms with E-state index in [0.717, 1.165) is 42.7 Å². The molecular formula is C19H25N4O2S+. The van der Waals surface area contributed by atoms with Gasteiger partial charge in [0.25, 0.3) is 0 Å². The van der Waals surface area contributed by atoms with E-state index in [0.29, 0.717) is 0 Å². The zero-order valence-corrected chi connectivity index (χ0v) is 16.0. The van der Waals surface area contributed by atoms with Crippen LogP contribution < -0.4 is 10.3 Å². The molecule has 0 aliphatic carbocycles. The summed E-state index contributed by atoms with van der Waals surface area (Å²) in [5.74, 6) is -0.140. The van der Waals surface area contributed by atoms with Crippen LogP contribution in [-0.2, 0) is 16.0 Å². The van der Waals surface area contributed by atoms with Gasteiger partial charge in [0.1, 0.15) is 13.1 Å². The highest BCUT2D eigenvalue weighted by molar-refractivity contribution is 7.09. The van der Waals surface area contributed by atoms with E-state index in [2.05, 4.69) is 27.6 Å². The molecule has 0 saturated carbocycles. The molecule has 1 fully saturated rings. The van der Waals surface area contributed by atoms with Crippen molar-refractivity contribution in [2.75, 3.05) is 26.3 Å². The summed E-state index contributed by atoms with van der Waals surface area (Å²) in [6.07, 6.45) is 0.252. The largest absolute Gasteiger partial charge is 0.370 e. The predicted octanol–water partition coefficient (Wildman–Crippen LogP) is 1.14. The Hall–Kier alpha value is -2.09. The smallest absolute Gasteiger partial charge is 0.246 e. The SMILES string of the molecule is C/C(=N/NC(=O)Cc1csc(C)n1)[C@@H](c1ccccc1)[NH+]1CCOCC1. The molecule has 0 bridgehead atoms. The molecule has 1 aromatic heterocycles. The Bertz CT molecular complexity index is 754. The van der Waals surface area contributed by atoms with E-state index in [1.165, 1.54) is 10.5 Å². The van der Waals surface area contributed by atoms with Crippen LogP contribution in [0, 0.1) is 6.92 Å². The van der Waals surface area contributed by atoms with E-state index in [1.807, 2.05) is 37.4 Å². The molecule has 0 radical (unpaired) electrons. The van der Waals surface area contributed by atoms with Crippen LogP contribution in [0.5, 0.6) is 0 Å². The average molecular weight is 374 g/mol. The Morgan fingerprint density at radius 2 is 2.08 bits per heavy atom. The van der Waals surface area contributed by atoms with Crippen LogP contribution in [0.4, 0.5) is 0 Å². The van der Waals surface area contributed by atoms with Crippen molar-refractivity contribution in [3.05, 3.63) is 52.0 Å². The van der Waals surface area contributed by atoms with Crippen LogP contribution in [0.2, 0.25) is 0 Å². The highest BCUT2D eigenvalue weighted by atomic mass is 32.1. The summed E-state index contributed by atoms with van der Waals surface area (Å²) in [6.45, 7) is 7.28. The third kappa shape index (κ3) is 4.97. The summed E-state index contributed by atoms with van der Waals surface area (Å²) in [5, 5.41) is 7.29. The molecule has 1 aromatic carbocycles. The van der Waals surface area contributed by atoms with E-state index in [1.54, 1.807) is 11.3 Å². The van der Waals surface area contributed by atoms with Gasteiger partial charge in [-0.2, -0.15) is 5.10 Å². The maximum Gasteiger partial charge on any atom is 0.246 e. The minimum Gasteiger partial charge on any atom is -0.370 e. The van der Waals surface area contributed by atoms with Gasteiger partial charge in [0.2, 0.25) is 5.91 Å². The number of aryl methyl sites for hydroxylation is 1. The molecule has 0 spiro atoms. The van der Waals surface area contributed by atoms with Crippen molar-refractivity contribution in [1.29, 1.82) is 0 Å². The first-order valence-corrected chi connectivity index (χ1v) is 9.72. The van der Waals surface area contributed by atoms with E-state index in [4.69, 9.17) is 4.74 Å². The number of hydrogen-bond donors (Lipinski definition) is 2. The number of amides is 1. The number of carbonyl (C=O) groups is 1. The molecule has 6 nitrogen and oxygen atoms in total. The molecule has 2 aromatic rings. The lowest BCUT2D eigenvalue weighted by atomic mass is 10.0. The fourth-order valence-electron chi connectivity index (χ4n) is 3.25. The predicted molar refractivity (Wildman–Crippen MR) is 103 cm³/mol. The summed E-state index contributed by atoms with van der Waals surface area (Å²) in [6, 6.07) is 10.4. The quantitative estimate of drug-likeness (QED) is 0.589. The molecule has 26 heavy (non-hydrogen) atoms. The van der Waals surface area contributed by atoms with E-state index >= 15 is 0 Å². The number of nitrogens with zero attached hydrogens (tertiary/aromatic N) is 2. The van der Waals surface area contributed by atoms with E-state index in [-0.39, 0.29) is 18.4 Å². The minimum absolute atomic E-state index is 0.113. The van der Waals surface area contributed by atoms with Gasteiger partial charge in [0.15, 0.2) is 6.04 Å². The first-order chi connectivity index (χ1) is 12.6. The maximum absolute atomic E-state index is 12.2. The number of thiazole rings is 1. The third-order valence-electron chi connectivity index (χ3n) is 4.46. The van der Waals surface area contributed by atoms with Gasteiger partial charge in [-0.1, -0.05) is 30.3 Å². The monoisotopic (exact) mass is 373 g/mol. The molecular weight excluding hydrogens is 348 g/mol. The highest BCUT2D eigenvalue weighted by Gasteiger charge is 2.29. The molecule has 0 unspecified atom stereocenters. The number of benzene rings is 1. The third-order valence-corrected chi connectivity index (χ3v) is 5.28. The zero-order chi connectivity index (χ0) is 18.4. The van der Waals surface area contributed by atoms with Crippen molar-refractivity contribution < 1.29 is 14.4 Å². The van der Waals surface area contributed by atoms with Gasteiger partial charge in [0, 0.05) is 10.9 Å². The summed E-state index contributed by atoms with van der Waals surface area (Å²) >= 11 is 1.55. The molecule has 138 valence electrons. The highest BCUT2D eigenvalue weighted by Crippen LogP contribution is 2.12. The van der Waals surface area contributed by atoms with Crippen LogP contribution in [0.25, 0.3) is 0 Å². The van der Waals surface area contributed by atoms with Gasteiger partial charge in [-0.25, -0.2) is 10.4 Å². The van der Waals surface area contributed by atoms with Gasteiger partial charge in [-0.3, -0.25) is 4.79 Å². The molecule has 1 aliphatic heterocycles. The minimum atomic E-state index is -0.140. The molecule has 1 aliphatic rings. The van der Waals surface area contributed by atoms with Crippen molar-refractivity contribution in [1.82, 2.24) is 10.4 Å². The Balaban J connectivity index is 1.70. The topological polar surface area (TPSA) is 68.0 Å². The second kappa shape index (κ2) is 9.02. The molecule has 2 N–H and O–H groups in total. The van der Waals surface area contributed by atoms with Crippen LogP contribution in [0.3, 0.4) is 0 Å². The molecule has 2 heterocycles. The summed E-state index contributed by atoms with van der Waals surface area (Å²) in [4.78, 5) is 17.9. The van der Waals surface area contributed by atoms with Gasteiger partial charge < -0.3 is 9.64 Å². The fourth-order valence-corrected chi connectivity index (χ4v) is 3.86. The fraction of sp³-hybridized carbons (Fsp3) is 0.421. The number of nitrogens with one attached hydrogen (secondary N) is 2. The first-order valence-electron chi connectivity index (χ1n) is 8.85. The van der Waals surface area contributed by atoms with Gasteiger partial charge in [0.05, 0.1) is 36.0 Å². The lowest BCUT2D eigenvalue weighted by Crippen LogP contribution is -3.15. The summed E-state index contributed by atoms with van der Waals surface area (Å²) in [7, 11) is 0.